The summed E-state index contributed by atoms with van der Waals surface area (Å²) in [6.45, 7) is 2.47. The highest BCUT2D eigenvalue weighted by Gasteiger charge is 2.20. The Hall–Kier alpha value is 0.650. The third kappa shape index (κ3) is 1.27. The van der Waals surface area contributed by atoms with E-state index < -0.39 is 0 Å². The molecule has 0 bridgehead atoms. The van der Waals surface area contributed by atoms with E-state index >= 15 is 0 Å². The maximum Gasteiger partial charge on any atom is 0.148 e. The van der Waals surface area contributed by atoms with Gasteiger partial charge in [-0.15, -0.1) is 0 Å². The van der Waals surface area contributed by atoms with Gasteiger partial charge >= 0.3 is 0 Å². The van der Waals surface area contributed by atoms with Crippen molar-refractivity contribution in [3.8, 4) is 0 Å². The summed E-state index contributed by atoms with van der Waals surface area (Å²) in [4.78, 5) is 0. The molecule has 1 fully saturated rings. The quantitative estimate of drug-likeness (QED) is 0.444. The summed E-state index contributed by atoms with van der Waals surface area (Å²) in [5, 5.41) is 0. The van der Waals surface area contributed by atoms with Gasteiger partial charge in [-0.2, -0.15) is 0 Å². The normalized spacial score (nSPS) is 42.0. The van der Waals surface area contributed by atoms with Gasteiger partial charge < -0.3 is 9.47 Å². The fourth-order valence-corrected chi connectivity index (χ4v) is 0.777. The van der Waals surface area contributed by atoms with Crippen LogP contribution in [0.1, 0.15) is 6.92 Å². The SMILES string of the molecule is CC1OCOC1I. The van der Waals surface area contributed by atoms with E-state index in [2.05, 4.69) is 22.6 Å². The molecule has 1 heterocycles. The van der Waals surface area contributed by atoms with Crippen LogP contribution < -0.4 is 0 Å². The fourth-order valence-electron chi connectivity index (χ4n) is 0.423. The molecule has 0 spiro atoms. The monoisotopic (exact) mass is 214 g/mol. The van der Waals surface area contributed by atoms with E-state index in [1.54, 1.807) is 0 Å². The maximum atomic E-state index is 5.04. The van der Waals surface area contributed by atoms with Gasteiger partial charge in [-0.05, 0) is 29.5 Å². The average molecular weight is 214 g/mol. The number of rotatable bonds is 0. The minimum Gasteiger partial charge on any atom is -0.349 e. The lowest BCUT2D eigenvalue weighted by Gasteiger charge is -2.00. The van der Waals surface area contributed by atoms with E-state index in [9.17, 15) is 0 Å². The second kappa shape index (κ2) is 2.28. The number of hydrogen-bond acceptors (Lipinski definition) is 2. The molecule has 1 rings (SSSR count). The third-order valence-electron chi connectivity index (χ3n) is 0.927. The Kier molecular flexibility index (Phi) is 1.88. The largest absolute Gasteiger partial charge is 0.349 e. The molecule has 0 aromatic carbocycles. The lowest BCUT2D eigenvalue weighted by atomic mass is 10.5. The summed E-state index contributed by atoms with van der Waals surface area (Å²) in [5.41, 5.74) is 0. The van der Waals surface area contributed by atoms with Crippen LogP contribution in [0, 0.1) is 0 Å². The number of ether oxygens (including phenoxy) is 2. The Balaban J connectivity index is 2.33. The van der Waals surface area contributed by atoms with Gasteiger partial charge in [-0.25, -0.2) is 0 Å². The second-order valence-electron chi connectivity index (χ2n) is 1.51. The average Bonchev–Trinajstić information content (AvgIpc) is 1.91. The zero-order valence-corrected chi connectivity index (χ0v) is 6.21. The number of halogens is 1. The van der Waals surface area contributed by atoms with Crippen molar-refractivity contribution in [3.05, 3.63) is 0 Å². The Morgan fingerprint density at radius 2 is 2.29 bits per heavy atom. The Labute approximate surface area is 56.3 Å². The molecule has 3 heteroatoms. The van der Waals surface area contributed by atoms with Crippen LogP contribution in [0.25, 0.3) is 0 Å². The van der Waals surface area contributed by atoms with E-state index in [0.29, 0.717) is 6.79 Å². The smallest absolute Gasteiger partial charge is 0.148 e. The van der Waals surface area contributed by atoms with E-state index in [1.165, 1.54) is 0 Å². The second-order valence-corrected chi connectivity index (χ2v) is 2.74. The molecule has 0 aromatic rings. The molecule has 0 saturated carbocycles. The summed E-state index contributed by atoms with van der Waals surface area (Å²) >= 11 is 2.21. The highest BCUT2D eigenvalue weighted by atomic mass is 127. The highest BCUT2D eigenvalue weighted by molar-refractivity contribution is 14.1. The third-order valence-corrected chi connectivity index (χ3v) is 2.30. The molecule has 0 aliphatic carbocycles. The van der Waals surface area contributed by atoms with E-state index in [-0.39, 0.29) is 10.2 Å². The molecule has 2 nitrogen and oxygen atoms in total. The van der Waals surface area contributed by atoms with E-state index in [1.807, 2.05) is 6.92 Å². The molecule has 2 unspecified atom stereocenters. The van der Waals surface area contributed by atoms with Crippen LogP contribution in [0.15, 0.2) is 0 Å². The molecule has 0 aromatic heterocycles. The molecule has 0 radical (unpaired) electrons. The first-order chi connectivity index (χ1) is 3.30. The van der Waals surface area contributed by atoms with Gasteiger partial charge in [0.2, 0.25) is 0 Å². The first-order valence-corrected chi connectivity index (χ1v) is 3.42. The van der Waals surface area contributed by atoms with Gasteiger partial charge in [0.1, 0.15) is 10.9 Å². The van der Waals surface area contributed by atoms with Crippen LogP contribution in [-0.4, -0.2) is 17.0 Å². The zero-order chi connectivity index (χ0) is 5.28. The van der Waals surface area contributed by atoms with Gasteiger partial charge in [0, 0.05) is 0 Å². The minimum atomic E-state index is 0.262. The summed E-state index contributed by atoms with van der Waals surface area (Å²) in [6, 6.07) is 0. The van der Waals surface area contributed by atoms with Crippen LogP contribution >= 0.6 is 22.6 Å². The summed E-state index contributed by atoms with van der Waals surface area (Å²) < 4.78 is 10.3. The molecule has 7 heavy (non-hydrogen) atoms. The van der Waals surface area contributed by atoms with Crippen LogP contribution in [0.4, 0.5) is 0 Å². The van der Waals surface area contributed by atoms with Gasteiger partial charge in [-0.3, -0.25) is 0 Å². The highest BCUT2D eigenvalue weighted by Crippen LogP contribution is 2.17. The molecule has 42 valence electrons. The van der Waals surface area contributed by atoms with Crippen molar-refractivity contribution in [1.29, 1.82) is 0 Å². The topological polar surface area (TPSA) is 18.5 Å². The van der Waals surface area contributed by atoms with Crippen LogP contribution in [0.3, 0.4) is 0 Å². The van der Waals surface area contributed by atoms with E-state index in [0.717, 1.165) is 0 Å². The van der Waals surface area contributed by atoms with Gasteiger partial charge in [0.05, 0.1) is 6.10 Å². The van der Waals surface area contributed by atoms with Crippen molar-refractivity contribution in [2.24, 2.45) is 0 Å². The zero-order valence-electron chi connectivity index (χ0n) is 4.06. The summed E-state index contributed by atoms with van der Waals surface area (Å²) in [6.07, 6.45) is 0.278. The molecular weight excluding hydrogens is 207 g/mol. The van der Waals surface area contributed by atoms with Crippen molar-refractivity contribution < 1.29 is 9.47 Å². The summed E-state index contributed by atoms with van der Waals surface area (Å²) in [5.74, 6) is 0. The standard InChI is InChI=1S/C4H7IO2/c1-3-4(5)7-2-6-3/h3-4H,2H2,1H3. The molecule has 1 saturated heterocycles. The van der Waals surface area contributed by atoms with Gasteiger partial charge in [0.25, 0.3) is 0 Å². The predicted octanol–water partition coefficient (Wildman–Crippen LogP) is 1.14. The molecule has 1 aliphatic heterocycles. The Bertz CT molecular complexity index is 58.7. The first kappa shape index (κ1) is 5.78. The molecule has 1 aliphatic rings. The maximum absolute atomic E-state index is 5.04. The minimum absolute atomic E-state index is 0.262. The van der Waals surface area contributed by atoms with Gasteiger partial charge in [0.15, 0.2) is 0 Å². The first-order valence-electron chi connectivity index (χ1n) is 2.18. The number of alkyl halides is 1. The van der Waals surface area contributed by atoms with E-state index in [4.69, 9.17) is 9.47 Å². The van der Waals surface area contributed by atoms with Gasteiger partial charge in [-0.1, -0.05) is 0 Å². The summed E-state index contributed by atoms with van der Waals surface area (Å²) in [7, 11) is 0. The van der Waals surface area contributed by atoms with Crippen LogP contribution in [0.5, 0.6) is 0 Å². The lowest BCUT2D eigenvalue weighted by Crippen LogP contribution is -2.09. The Morgan fingerprint density at radius 1 is 1.57 bits per heavy atom. The van der Waals surface area contributed by atoms with Crippen molar-refractivity contribution in [2.45, 2.75) is 17.1 Å². The molecule has 2 atom stereocenters. The van der Waals surface area contributed by atoms with Crippen LogP contribution in [0.2, 0.25) is 0 Å². The number of hydrogen-bond donors (Lipinski definition) is 0. The van der Waals surface area contributed by atoms with Crippen LogP contribution in [-0.2, 0) is 9.47 Å². The fraction of sp³-hybridized carbons (Fsp3) is 1.00. The molecule has 0 amide bonds. The van der Waals surface area contributed by atoms with Crippen molar-refractivity contribution in [2.75, 3.05) is 6.79 Å². The lowest BCUT2D eigenvalue weighted by molar-refractivity contribution is 0.0503. The van der Waals surface area contributed by atoms with Crippen molar-refractivity contribution >= 4 is 22.6 Å². The van der Waals surface area contributed by atoms with Crippen molar-refractivity contribution in [1.82, 2.24) is 0 Å². The van der Waals surface area contributed by atoms with Crippen molar-refractivity contribution in [3.63, 3.8) is 0 Å². The molecular formula is C4H7IO2. The predicted molar refractivity (Wildman–Crippen MR) is 34.3 cm³/mol. The molecule has 0 N–H and O–H groups in total. The Morgan fingerprint density at radius 3 is 2.43 bits per heavy atom.